The van der Waals surface area contributed by atoms with Gasteiger partial charge in [0.2, 0.25) is 0 Å². The van der Waals surface area contributed by atoms with E-state index in [1.165, 1.54) is 32.4 Å². The summed E-state index contributed by atoms with van der Waals surface area (Å²) in [4.78, 5) is 16.6. The van der Waals surface area contributed by atoms with E-state index in [1.807, 2.05) is 23.1 Å². The second kappa shape index (κ2) is 9.78. The number of piperidine rings is 1. The fourth-order valence-corrected chi connectivity index (χ4v) is 3.63. The maximum atomic E-state index is 12.1. The van der Waals surface area contributed by atoms with Crippen molar-refractivity contribution >= 4 is 5.91 Å². The highest BCUT2D eigenvalue weighted by Gasteiger charge is 2.18. The van der Waals surface area contributed by atoms with Crippen molar-refractivity contribution in [2.45, 2.75) is 38.6 Å². The number of nitrogens with zero attached hydrogens (tertiary/aromatic N) is 2. The normalized spacial score (nSPS) is 18.5. The van der Waals surface area contributed by atoms with Crippen LogP contribution in [0.15, 0.2) is 24.3 Å². The van der Waals surface area contributed by atoms with Gasteiger partial charge in [-0.1, -0.05) is 24.6 Å². The number of likely N-dealkylation sites (tertiary alicyclic amines) is 2. The number of nitrogens with one attached hydrogen (secondary N) is 1. The van der Waals surface area contributed by atoms with Crippen LogP contribution in [0.2, 0.25) is 0 Å². The van der Waals surface area contributed by atoms with Gasteiger partial charge in [-0.25, -0.2) is 0 Å². The predicted octanol–water partition coefficient (Wildman–Crippen LogP) is 2.26. The minimum absolute atomic E-state index is 0.102. The van der Waals surface area contributed by atoms with Gasteiger partial charge in [0, 0.05) is 38.3 Å². The standard InChI is InChI=1S/C20H31N3O2/c24-20(23-13-6-7-14-23)17-25-19-9-3-2-8-18(19)16-21-10-15-22-11-4-1-5-12-22/h2-3,8-9,21H,1,4-7,10-17H2. The zero-order valence-electron chi connectivity index (χ0n) is 15.2. The van der Waals surface area contributed by atoms with Crippen molar-refractivity contribution in [3.05, 3.63) is 29.8 Å². The molecule has 2 aliphatic heterocycles. The number of carbonyl (C=O) groups is 1. The summed E-state index contributed by atoms with van der Waals surface area (Å²) in [5.74, 6) is 0.922. The topological polar surface area (TPSA) is 44.8 Å². The van der Waals surface area contributed by atoms with Gasteiger partial charge in [-0.3, -0.25) is 4.79 Å². The average molecular weight is 345 g/mol. The first-order chi connectivity index (χ1) is 12.3. The fourth-order valence-electron chi connectivity index (χ4n) is 3.63. The Bertz CT molecular complexity index is 537. The van der Waals surface area contributed by atoms with Crippen LogP contribution in [0.4, 0.5) is 0 Å². The van der Waals surface area contributed by atoms with Crippen molar-refractivity contribution in [1.82, 2.24) is 15.1 Å². The van der Waals surface area contributed by atoms with Crippen LogP contribution in [-0.4, -0.2) is 61.6 Å². The molecule has 5 nitrogen and oxygen atoms in total. The van der Waals surface area contributed by atoms with Crippen LogP contribution in [0.25, 0.3) is 0 Å². The lowest BCUT2D eigenvalue weighted by molar-refractivity contribution is -0.132. The number of rotatable bonds is 8. The molecule has 138 valence electrons. The molecule has 0 aliphatic carbocycles. The molecule has 5 heteroatoms. The number of hydrogen-bond donors (Lipinski definition) is 1. The smallest absolute Gasteiger partial charge is 0.260 e. The molecule has 2 aliphatic rings. The largest absolute Gasteiger partial charge is 0.483 e. The highest BCUT2D eigenvalue weighted by molar-refractivity contribution is 5.78. The van der Waals surface area contributed by atoms with E-state index >= 15 is 0 Å². The third kappa shape index (κ3) is 5.72. The summed E-state index contributed by atoms with van der Waals surface area (Å²) in [6.45, 7) is 7.24. The molecule has 0 atom stereocenters. The van der Waals surface area contributed by atoms with Crippen molar-refractivity contribution in [2.24, 2.45) is 0 Å². The van der Waals surface area contributed by atoms with Gasteiger partial charge in [-0.05, 0) is 44.8 Å². The summed E-state index contributed by atoms with van der Waals surface area (Å²) in [5.41, 5.74) is 1.12. The van der Waals surface area contributed by atoms with Gasteiger partial charge < -0.3 is 19.9 Å². The lowest BCUT2D eigenvalue weighted by atomic mass is 10.1. The van der Waals surface area contributed by atoms with Gasteiger partial charge >= 0.3 is 0 Å². The van der Waals surface area contributed by atoms with E-state index < -0.39 is 0 Å². The minimum atomic E-state index is 0.102. The molecule has 0 bridgehead atoms. The zero-order valence-corrected chi connectivity index (χ0v) is 15.2. The summed E-state index contributed by atoms with van der Waals surface area (Å²) >= 11 is 0. The Labute approximate surface area is 151 Å². The molecule has 25 heavy (non-hydrogen) atoms. The number of carbonyl (C=O) groups excluding carboxylic acids is 1. The van der Waals surface area contributed by atoms with E-state index in [1.54, 1.807) is 0 Å². The Kier molecular flexibility index (Phi) is 7.12. The number of benzene rings is 1. The van der Waals surface area contributed by atoms with Crippen LogP contribution in [-0.2, 0) is 11.3 Å². The quantitative estimate of drug-likeness (QED) is 0.734. The molecule has 3 rings (SSSR count). The Morgan fingerprint density at radius 3 is 2.52 bits per heavy atom. The fraction of sp³-hybridized carbons (Fsp3) is 0.650. The highest BCUT2D eigenvalue weighted by atomic mass is 16.5. The Balaban J connectivity index is 1.41. The van der Waals surface area contributed by atoms with E-state index in [0.29, 0.717) is 0 Å². The maximum absolute atomic E-state index is 12.1. The van der Waals surface area contributed by atoms with Gasteiger partial charge in [0.05, 0.1) is 0 Å². The van der Waals surface area contributed by atoms with Crippen molar-refractivity contribution < 1.29 is 9.53 Å². The van der Waals surface area contributed by atoms with Gasteiger partial charge in [0.1, 0.15) is 5.75 Å². The van der Waals surface area contributed by atoms with E-state index in [0.717, 1.165) is 56.9 Å². The highest BCUT2D eigenvalue weighted by Crippen LogP contribution is 2.18. The molecular formula is C20H31N3O2. The summed E-state index contributed by atoms with van der Waals surface area (Å²) in [6, 6.07) is 8.02. The van der Waals surface area contributed by atoms with E-state index in [2.05, 4.69) is 16.3 Å². The van der Waals surface area contributed by atoms with Gasteiger partial charge in [0.25, 0.3) is 5.91 Å². The minimum Gasteiger partial charge on any atom is -0.483 e. The lowest BCUT2D eigenvalue weighted by Crippen LogP contribution is -2.35. The second-order valence-corrected chi connectivity index (χ2v) is 7.06. The molecule has 2 heterocycles. The van der Waals surface area contributed by atoms with Crippen molar-refractivity contribution in [3.8, 4) is 5.75 Å². The molecule has 0 unspecified atom stereocenters. The number of para-hydroxylation sites is 1. The van der Waals surface area contributed by atoms with E-state index in [-0.39, 0.29) is 12.5 Å². The van der Waals surface area contributed by atoms with Crippen LogP contribution < -0.4 is 10.1 Å². The van der Waals surface area contributed by atoms with Crippen molar-refractivity contribution in [3.63, 3.8) is 0 Å². The molecule has 0 saturated carbocycles. The third-order valence-corrected chi connectivity index (χ3v) is 5.15. The lowest BCUT2D eigenvalue weighted by Gasteiger charge is -2.26. The SMILES string of the molecule is O=C(COc1ccccc1CNCCN1CCCCC1)N1CCCC1. The zero-order chi connectivity index (χ0) is 17.3. The van der Waals surface area contributed by atoms with Crippen LogP contribution in [0.3, 0.4) is 0 Å². The van der Waals surface area contributed by atoms with Gasteiger partial charge in [-0.2, -0.15) is 0 Å². The summed E-state index contributed by atoms with van der Waals surface area (Å²) in [7, 11) is 0. The summed E-state index contributed by atoms with van der Waals surface area (Å²) < 4.78 is 5.82. The molecule has 0 spiro atoms. The van der Waals surface area contributed by atoms with E-state index in [4.69, 9.17) is 4.74 Å². The van der Waals surface area contributed by atoms with Crippen molar-refractivity contribution in [2.75, 3.05) is 45.9 Å². The molecule has 0 radical (unpaired) electrons. The maximum Gasteiger partial charge on any atom is 0.260 e. The third-order valence-electron chi connectivity index (χ3n) is 5.15. The van der Waals surface area contributed by atoms with Gasteiger partial charge in [0.15, 0.2) is 6.61 Å². The molecule has 1 aromatic carbocycles. The van der Waals surface area contributed by atoms with Crippen LogP contribution in [0, 0.1) is 0 Å². The molecule has 2 fully saturated rings. The monoisotopic (exact) mass is 345 g/mol. The summed E-state index contributed by atoms with van der Waals surface area (Å²) in [6.07, 6.45) is 6.28. The molecule has 0 aromatic heterocycles. The Morgan fingerprint density at radius 2 is 1.72 bits per heavy atom. The molecule has 2 saturated heterocycles. The second-order valence-electron chi connectivity index (χ2n) is 7.06. The molecule has 1 amide bonds. The summed E-state index contributed by atoms with van der Waals surface area (Å²) in [5, 5.41) is 3.52. The van der Waals surface area contributed by atoms with Gasteiger partial charge in [-0.15, -0.1) is 0 Å². The molecular weight excluding hydrogens is 314 g/mol. The molecule has 1 aromatic rings. The first kappa shape index (κ1) is 18.2. The first-order valence-corrected chi connectivity index (χ1v) is 9.74. The predicted molar refractivity (Wildman–Crippen MR) is 99.7 cm³/mol. The van der Waals surface area contributed by atoms with Crippen LogP contribution >= 0.6 is 0 Å². The van der Waals surface area contributed by atoms with Crippen molar-refractivity contribution in [1.29, 1.82) is 0 Å². The Hall–Kier alpha value is -1.59. The van der Waals surface area contributed by atoms with Crippen LogP contribution in [0.5, 0.6) is 5.75 Å². The number of ether oxygens (including phenoxy) is 1. The number of hydrogen-bond acceptors (Lipinski definition) is 4. The Morgan fingerprint density at radius 1 is 1.00 bits per heavy atom. The first-order valence-electron chi connectivity index (χ1n) is 9.74. The van der Waals surface area contributed by atoms with Crippen LogP contribution in [0.1, 0.15) is 37.7 Å². The average Bonchev–Trinajstić information content (AvgIpc) is 3.20. The molecule has 1 N–H and O–H groups in total. The van der Waals surface area contributed by atoms with E-state index in [9.17, 15) is 4.79 Å². The number of amides is 1.